The summed E-state index contributed by atoms with van der Waals surface area (Å²) in [6.45, 7) is 1.28. The molecule has 2 aliphatic rings. The maximum Gasteiger partial charge on any atom is 0.226 e. The third-order valence-corrected chi connectivity index (χ3v) is 7.80. The maximum absolute atomic E-state index is 13.2. The van der Waals surface area contributed by atoms with Gasteiger partial charge in [-0.1, -0.05) is 6.07 Å². The highest BCUT2D eigenvalue weighted by Crippen LogP contribution is 2.41. The number of aromatic nitrogens is 4. The van der Waals surface area contributed by atoms with Crippen molar-refractivity contribution in [1.29, 1.82) is 0 Å². The Morgan fingerprint density at radius 2 is 2.21 bits per heavy atom. The van der Waals surface area contributed by atoms with Gasteiger partial charge < -0.3 is 10.2 Å². The number of rotatable bonds is 5. The van der Waals surface area contributed by atoms with Gasteiger partial charge in [-0.3, -0.25) is 14.5 Å². The number of benzene rings is 1. The lowest BCUT2D eigenvalue weighted by atomic mass is 9.87. The van der Waals surface area contributed by atoms with Crippen molar-refractivity contribution in [2.45, 2.75) is 32.4 Å². The summed E-state index contributed by atoms with van der Waals surface area (Å²) < 4.78 is 1.76. The van der Waals surface area contributed by atoms with Crippen LogP contribution in [-0.2, 0) is 37.8 Å². The first-order valence-corrected chi connectivity index (χ1v) is 12.3. The molecule has 1 unspecified atom stereocenters. The Morgan fingerprint density at radius 1 is 1.29 bits per heavy atom. The predicted octanol–water partition coefficient (Wildman–Crippen LogP) is 3.86. The highest BCUT2D eigenvalue weighted by Gasteiger charge is 2.31. The second-order valence-electron chi connectivity index (χ2n) is 9.03. The van der Waals surface area contributed by atoms with Gasteiger partial charge in [0.1, 0.15) is 17.0 Å². The fourth-order valence-corrected chi connectivity index (χ4v) is 6.18. The summed E-state index contributed by atoms with van der Waals surface area (Å²) in [5, 5.41) is 8.99. The lowest BCUT2D eigenvalue weighted by Crippen LogP contribution is -2.35. The third kappa shape index (κ3) is 3.75. The SMILES string of the molecule is CN(Cc1ccn(C)n1)C(=O)C1CCc2c(sc3ncnc(Nc4ccc5c(c4)C=NC5)c23)C1. The first-order chi connectivity index (χ1) is 16.5. The smallest absolute Gasteiger partial charge is 0.226 e. The summed E-state index contributed by atoms with van der Waals surface area (Å²) in [6.07, 6.45) is 7.86. The Bertz CT molecular complexity index is 1440. The normalized spacial score (nSPS) is 16.5. The maximum atomic E-state index is 13.2. The van der Waals surface area contributed by atoms with E-state index in [1.807, 2.05) is 32.6 Å². The van der Waals surface area contributed by atoms with Gasteiger partial charge in [0.25, 0.3) is 0 Å². The standard InChI is InChI=1S/C25H25N7OS/c1-31(13-19-7-8-32(2)30-19)25(33)15-4-6-20-21(10-15)34-24-22(20)23(27-14-28-24)29-18-5-3-16-11-26-12-17(16)9-18/h3,5,7-9,12,14-15H,4,6,10-11,13H2,1-2H3,(H,27,28,29). The van der Waals surface area contributed by atoms with Gasteiger partial charge in [-0.25, -0.2) is 9.97 Å². The number of carbonyl (C=O) groups excluding carboxylic acids is 1. The number of amides is 1. The molecule has 1 aromatic carbocycles. The van der Waals surface area contributed by atoms with Gasteiger partial charge in [0.2, 0.25) is 5.91 Å². The van der Waals surface area contributed by atoms with E-state index in [4.69, 9.17) is 0 Å². The van der Waals surface area contributed by atoms with Crippen molar-refractivity contribution < 1.29 is 4.79 Å². The van der Waals surface area contributed by atoms with Crippen LogP contribution in [0.4, 0.5) is 11.5 Å². The van der Waals surface area contributed by atoms with E-state index in [1.165, 1.54) is 16.0 Å². The second-order valence-corrected chi connectivity index (χ2v) is 10.1. The van der Waals surface area contributed by atoms with Crippen molar-refractivity contribution in [2.24, 2.45) is 18.0 Å². The summed E-state index contributed by atoms with van der Waals surface area (Å²) in [7, 11) is 3.76. The van der Waals surface area contributed by atoms with Crippen molar-refractivity contribution in [2.75, 3.05) is 12.4 Å². The van der Waals surface area contributed by atoms with E-state index >= 15 is 0 Å². The van der Waals surface area contributed by atoms with Gasteiger partial charge in [0.05, 0.1) is 24.2 Å². The molecule has 8 nitrogen and oxygen atoms in total. The zero-order valence-corrected chi connectivity index (χ0v) is 20.0. The number of nitrogens with zero attached hydrogens (tertiary/aromatic N) is 6. The molecule has 9 heteroatoms. The Hall–Kier alpha value is -3.59. The Morgan fingerprint density at radius 3 is 3.06 bits per heavy atom. The second kappa shape index (κ2) is 8.32. The summed E-state index contributed by atoms with van der Waals surface area (Å²) in [4.78, 5) is 30.7. The molecular weight excluding hydrogens is 446 g/mol. The van der Waals surface area contributed by atoms with E-state index in [0.29, 0.717) is 6.54 Å². The van der Waals surface area contributed by atoms with Crippen LogP contribution >= 0.6 is 11.3 Å². The molecule has 1 aliphatic carbocycles. The molecule has 4 aromatic rings. The average Bonchev–Trinajstić information content (AvgIpc) is 3.56. The van der Waals surface area contributed by atoms with Crippen molar-refractivity contribution in [3.8, 4) is 0 Å². The van der Waals surface area contributed by atoms with Crippen LogP contribution in [0.2, 0.25) is 0 Å². The van der Waals surface area contributed by atoms with Gasteiger partial charge in [0.15, 0.2) is 0 Å². The van der Waals surface area contributed by atoms with Crippen molar-refractivity contribution in [1.82, 2.24) is 24.6 Å². The van der Waals surface area contributed by atoms with Gasteiger partial charge in [-0.2, -0.15) is 5.10 Å². The van der Waals surface area contributed by atoms with Crippen LogP contribution in [0.15, 0.2) is 41.8 Å². The minimum Gasteiger partial charge on any atom is -0.340 e. The van der Waals surface area contributed by atoms with E-state index in [9.17, 15) is 4.79 Å². The van der Waals surface area contributed by atoms with Crippen LogP contribution in [0, 0.1) is 5.92 Å². The van der Waals surface area contributed by atoms with E-state index in [2.05, 4.69) is 43.6 Å². The molecule has 1 aliphatic heterocycles. The summed E-state index contributed by atoms with van der Waals surface area (Å²) in [6, 6.07) is 8.26. The molecule has 6 rings (SSSR count). The van der Waals surface area contributed by atoms with Crippen molar-refractivity contribution in [3.05, 3.63) is 64.1 Å². The predicted molar refractivity (Wildman–Crippen MR) is 134 cm³/mol. The fourth-order valence-electron chi connectivity index (χ4n) is 4.91. The molecule has 0 fully saturated rings. The fraction of sp³-hybridized carbons (Fsp3) is 0.320. The number of hydrogen-bond acceptors (Lipinski definition) is 7. The molecule has 0 radical (unpaired) electrons. The Labute approximate surface area is 201 Å². The monoisotopic (exact) mass is 471 g/mol. The number of hydrogen-bond donors (Lipinski definition) is 1. The van der Waals surface area contributed by atoms with Crippen molar-refractivity contribution in [3.63, 3.8) is 0 Å². The van der Waals surface area contributed by atoms with Gasteiger partial charge in [-0.15, -0.1) is 11.3 Å². The van der Waals surface area contributed by atoms with Crippen LogP contribution in [0.1, 0.15) is 33.7 Å². The van der Waals surface area contributed by atoms with E-state index in [0.717, 1.165) is 58.8 Å². The average molecular weight is 472 g/mol. The third-order valence-electron chi connectivity index (χ3n) is 6.64. The highest BCUT2D eigenvalue weighted by atomic mass is 32.1. The number of carbonyl (C=O) groups is 1. The lowest BCUT2D eigenvalue weighted by Gasteiger charge is -2.26. The minimum absolute atomic E-state index is 0.0189. The summed E-state index contributed by atoms with van der Waals surface area (Å²) in [5.74, 6) is 0.988. The first kappa shape index (κ1) is 21.0. The van der Waals surface area contributed by atoms with E-state index in [1.54, 1.807) is 27.2 Å². The van der Waals surface area contributed by atoms with Gasteiger partial charge in [0, 0.05) is 43.0 Å². The molecule has 172 valence electrons. The quantitative estimate of drug-likeness (QED) is 0.477. The number of thiophene rings is 1. The molecule has 1 atom stereocenters. The molecule has 3 aromatic heterocycles. The molecule has 4 heterocycles. The van der Waals surface area contributed by atoms with E-state index < -0.39 is 0 Å². The Balaban J connectivity index is 1.23. The zero-order valence-electron chi connectivity index (χ0n) is 19.2. The van der Waals surface area contributed by atoms with Crippen LogP contribution < -0.4 is 5.32 Å². The first-order valence-electron chi connectivity index (χ1n) is 11.4. The lowest BCUT2D eigenvalue weighted by molar-refractivity contribution is -0.135. The topological polar surface area (TPSA) is 88.3 Å². The molecule has 34 heavy (non-hydrogen) atoms. The Kier molecular flexibility index (Phi) is 5.13. The number of fused-ring (bicyclic) bond motifs is 4. The molecule has 1 N–H and O–H groups in total. The van der Waals surface area contributed by atoms with Crippen molar-refractivity contribution >= 4 is 45.2 Å². The molecular formula is C25H25N7OS. The largest absolute Gasteiger partial charge is 0.340 e. The number of nitrogens with one attached hydrogen (secondary N) is 1. The molecule has 0 bridgehead atoms. The molecule has 0 saturated carbocycles. The van der Waals surface area contributed by atoms with Crippen LogP contribution in [0.5, 0.6) is 0 Å². The van der Waals surface area contributed by atoms with Gasteiger partial charge >= 0.3 is 0 Å². The zero-order chi connectivity index (χ0) is 23.2. The molecule has 1 amide bonds. The molecule has 0 spiro atoms. The number of aliphatic imine (C=N–C) groups is 1. The number of anilines is 2. The van der Waals surface area contributed by atoms with Gasteiger partial charge in [-0.05, 0) is 54.2 Å². The van der Waals surface area contributed by atoms with Crippen LogP contribution in [0.3, 0.4) is 0 Å². The summed E-state index contributed by atoms with van der Waals surface area (Å²) >= 11 is 1.69. The van der Waals surface area contributed by atoms with Crippen LogP contribution in [-0.4, -0.2) is 43.8 Å². The van der Waals surface area contributed by atoms with E-state index in [-0.39, 0.29) is 11.8 Å². The summed E-state index contributed by atoms with van der Waals surface area (Å²) in [5.41, 5.74) is 5.57. The number of aryl methyl sites for hydroxylation is 2. The highest BCUT2D eigenvalue weighted by molar-refractivity contribution is 7.19. The minimum atomic E-state index is -0.0189. The molecule has 0 saturated heterocycles. The van der Waals surface area contributed by atoms with Crippen LogP contribution in [0.25, 0.3) is 10.2 Å².